The number of nitrogens with zero attached hydrogens (tertiary/aromatic N) is 6. The van der Waals surface area contributed by atoms with Gasteiger partial charge < -0.3 is 4.52 Å². The number of aryl methyl sites for hydroxylation is 3. The zero-order chi connectivity index (χ0) is 18.5. The second-order valence-corrected chi connectivity index (χ2v) is 8.51. The topological polar surface area (TPSA) is 106 Å². The van der Waals surface area contributed by atoms with E-state index in [-0.39, 0.29) is 10.8 Å². The normalized spacial score (nSPS) is 17.2. The summed E-state index contributed by atoms with van der Waals surface area (Å²) in [5.41, 5.74) is 1.99. The van der Waals surface area contributed by atoms with Gasteiger partial charge in [-0.3, -0.25) is 0 Å². The van der Waals surface area contributed by atoms with Crippen LogP contribution in [0.15, 0.2) is 21.6 Å². The smallest absolute Gasteiger partial charge is 0.248 e. The third-order valence-corrected chi connectivity index (χ3v) is 6.95. The molecule has 0 aliphatic carbocycles. The van der Waals surface area contributed by atoms with E-state index in [0.717, 1.165) is 11.5 Å². The van der Waals surface area contributed by atoms with E-state index in [2.05, 4.69) is 20.5 Å². The molecule has 10 heteroatoms. The highest BCUT2D eigenvalue weighted by atomic mass is 32.2. The fourth-order valence-electron chi connectivity index (χ4n) is 3.48. The minimum atomic E-state index is -3.60. The molecule has 26 heavy (non-hydrogen) atoms. The first-order valence-electron chi connectivity index (χ1n) is 8.50. The molecule has 0 amide bonds. The van der Waals surface area contributed by atoms with Gasteiger partial charge in [-0.15, -0.1) is 10.2 Å². The molecule has 9 nitrogen and oxygen atoms in total. The largest absolute Gasteiger partial charge is 0.360 e. The summed E-state index contributed by atoms with van der Waals surface area (Å²) in [4.78, 5) is 0.182. The average molecular weight is 376 g/mol. The molecule has 0 saturated carbocycles. The summed E-state index contributed by atoms with van der Waals surface area (Å²) in [5, 5.41) is 16.7. The molecular formula is C16H20N6O3S. The molecule has 1 fully saturated rings. The van der Waals surface area contributed by atoms with Crippen LogP contribution >= 0.6 is 0 Å². The van der Waals surface area contributed by atoms with Gasteiger partial charge in [-0.1, -0.05) is 5.16 Å². The van der Waals surface area contributed by atoms with Crippen LogP contribution in [0.3, 0.4) is 0 Å². The maximum absolute atomic E-state index is 12.9. The molecule has 0 N–H and O–H groups in total. The fourth-order valence-corrected chi connectivity index (χ4v) is 5.24. The molecule has 4 heterocycles. The van der Waals surface area contributed by atoms with Gasteiger partial charge in [-0.25, -0.2) is 8.42 Å². The van der Waals surface area contributed by atoms with Crippen molar-refractivity contribution < 1.29 is 12.9 Å². The summed E-state index contributed by atoms with van der Waals surface area (Å²) < 4.78 is 34.1. The molecule has 0 atom stereocenters. The van der Waals surface area contributed by atoms with Gasteiger partial charge in [0.2, 0.25) is 10.0 Å². The molecule has 1 aliphatic heterocycles. The molecule has 0 aromatic carbocycles. The Hall–Kier alpha value is -2.33. The van der Waals surface area contributed by atoms with Gasteiger partial charge in [0.1, 0.15) is 10.6 Å². The second kappa shape index (κ2) is 6.13. The van der Waals surface area contributed by atoms with Gasteiger partial charge >= 0.3 is 0 Å². The first-order valence-corrected chi connectivity index (χ1v) is 9.94. The van der Waals surface area contributed by atoms with E-state index < -0.39 is 10.0 Å². The quantitative estimate of drug-likeness (QED) is 0.683. The number of hydrogen-bond acceptors (Lipinski definition) is 7. The number of hydrogen-bond donors (Lipinski definition) is 0. The standard InChI is InChI=1S/C16H20N6O3S/c1-10-4-5-14-17-18-16(22(14)19-10)13-6-8-21(9-7-13)26(23,24)15-11(2)20-25-12(15)3/h4-5,13H,6-9H2,1-3H3. The third kappa shape index (κ3) is 2.69. The predicted octanol–water partition coefficient (Wildman–Crippen LogP) is 1.61. The van der Waals surface area contributed by atoms with Gasteiger partial charge in [-0.05, 0) is 45.7 Å². The maximum atomic E-state index is 12.9. The van der Waals surface area contributed by atoms with Crippen molar-refractivity contribution in [3.8, 4) is 0 Å². The van der Waals surface area contributed by atoms with Crippen molar-refractivity contribution >= 4 is 15.7 Å². The van der Waals surface area contributed by atoms with Crippen LogP contribution in [0.4, 0.5) is 0 Å². The Labute approximate surface area is 151 Å². The van der Waals surface area contributed by atoms with Crippen LogP contribution in [0.25, 0.3) is 5.65 Å². The predicted molar refractivity (Wildman–Crippen MR) is 92.2 cm³/mol. The lowest BCUT2D eigenvalue weighted by atomic mass is 9.97. The van der Waals surface area contributed by atoms with Crippen LogP contribution in [0, 0.1) is 20.8 Å². The molecule has 0 spiro atoms. The molecule has 3 aromatic heterocycles. The Bertz CT molecular complexity index is 1040. The summed E-state index contributed by atoms with van der Waals surface area (Å²) in [5.74, 6) is 1.24. The van der Waals surface area contributed by atoms with Crippen LogP contribution in [-0.2, 0) is 10.0 Å². The minimum Gasteiger partial charge on any atom is -0.360 e. The molecule has 3 aromatic rings. The van der Waals surface area contributed by atoms with Crippen LogP contribution in [0.1, 0.15) is 41.7 Å². The van der Waals surface area contributed by atoms with Crippen molar-refractivity contribution in [3.05, 3.63) is 35.1 Å². The lowest BCUT2D eigenvalue weighted by Gasteiger charge is -2.30. The summed E-state index contributed by atoms with van der Waals surface area (Å²) in [6.07, 6.45) is 1.33. The van der Waals surface area contributed by atoms with E-state index >= 15 is 0 Å². The highest BCUT2D eigenvalue weighted by Crippen LogP contribution is 2.31. The van der Waals surface area contributed by atoms with Gasteiger partial charge in [0.15, 0.2) is 17.2 Å². The first kappa shape index (κ1) is 17.1. The molecule has 4 rings (SSSR count). The third-order valence-electron chi connectivity index (χ3n) is 4.81. The van der Waals surface area contributed by atoms with Crippen molar-refractivity contribution in [2.75, 3.05) is 13.1 Å². The summed E-state index contributed by atoms with van der Waals surface area (Å²) in [6, 6.07) is 3.78. The van der Waals surface area contributed by atoms with Crippen molar-refractivity contribution in [3.63, 3.8) is 0 Å². The molecule has 138 valence electrons. The highest BCUT2D eigenvalue weighted by Gasteiger charge is 2.35. The number of aromatic nitrogens is 5. The Kier molecular flexibility index (Phi) is 4.03. The molecule has 1 saturated heterocycles. The number of fused-ring (bicyclic) bond motifs is 1. The van der Waals surface area contributed by atoms with Crippen LogP contribution in [-0.4, -0.2) is 50.8 Å². The monoisotopic (exact) mass is 376 g/mol. The average Bonchev–Trinajstić information content (AvgIpc) is 3.18. The van der Waals surface area contributed by atoms with E-state index in [4.69, 9.17) is 4.52 Å². The lowest BCUT2D eigenvalue weighted by Crippen LogP contribution is -2.38. The van der Waals surface area contributed by atoms with Crippen molar-refractivity contribution in [1.29, 1.82) is 0 Å². The van der Waals surface area contributed by atoms with Gasteiger partial charge in [-0.2, -0.15) is 13.9 Å². The SMILES string of the molecule is Cc1ccc2nnc(C3CCN(S(=O)(=O)c4c(C)noc4C)CC3)n2n1. The van der Waals surface area contributed by atoms with Crippen LogP contribution in [0.2, 0.25) is 0 Å². The first-order chi connectivity index (χ1) is 12.4. The summed E-state index contributed by atoms with van der Waals surface area (Å²) in [6.45, 7) is 6.01. The maximum Gasteiger partial charge on any atom is 0.248 e. The molecule has 0 unspecified atom stereocenters. The van der Waals surface area contributed by atoms with Gasteiger partial charge in [0.05, 0.1) is 5.69 Å². The Morgan fingerprint density at radius 3 is 2.50 bits per heavy atom. The molecule has 0 bridgehead atoms. The number of rotatable bonds is 3. The van der Waals surface area contributed by atoms with Crippen molar-refractivity contribution in [1.82, 2.24) is 29.3 Å². The molecular weight excluding hydrogens is 356 g/mol. The lowest BCUT2D eigenvalue weighted by molar-refractivity contribution is 0.310. The number of sulfonamides is 1. The summed E-state index contributed by atoms with van der Waals surface area (Å²) >= 11 is 0. The van der Waals surface area contributed by atoms with Gasteiger partial charge in [0, 0.05) is 19.0 Å². The second-order valence-electron chi connectivity index (χ2n) is 6.63. The minimum absolute atomic E-state index is 0.121. The van der Waals surface area contributed by atoms with Crippen molar-refractivity contribution in [2.24, 2.45) is 0 Å². The van der Waals surface area contributed by atoms with Gasteiger partial charge in [0.25, 0.3) is 0 Å². The van der Waals surface area contributed by atoms with E-state index in [9.17, 15) is 8.42 Å². The fraction of sp³-hybridized carbons (Fsp3) is 0.500. The zero-order valence-electron chi connectivity index (χ0n) is 14.9. The summed E-state index contributed by atoms with van der Waals surface area (Å²) in [7, 11) is -3.60. The molecule has 0 radical (unpaired) electrons. The van der Waals surface area contributed by atoms with E-state index in [1.54, 1.807) is 18.4 Å². The number of piperidine rings is 1. The highest BCUT2D eigenvalue weighted by molar-refractivity contribution is 7.89. The van der Waals surface area contributed by atoms with E-state index in [0.29, 0.717) is 43.0 Å². The Morgan fingerprint density at radius 1 is 1.12 bits per heavy atom. The Balaban J connectivity index is 1.56. The van der Waals surface area contributed by atoms with Crippen molar-refractivity contribution in [2.45, 2.75) is 44.4 Å². The molecule has 1 aliphatic rings. The van der Waals surface area contributed by atoms with Crippen LogP contribution < -0.4 is 0 Å². The van der Waals surface area contributed by atoms with E-state index in [1.165, 1.54) is 4.31 Å². The Morgan fingerprint density at radius 2 is 1.85 bits per heavy atom. The zero-order valence-corrected chi connectivity index (χ0v) is 15.7. The van der Waals surface area contributed by atoms with Crippen LogP contribution in [0.5, 0.6) is 0 Å². The van der Waals surface area contributed by atoms with E-state index in [1.807, 2.05) is 19.1 Å².